The second kappa shape index (κ2) is 7.12. The molecule has 0 saturated carbocycles. The molecule has 0 aliphatic rings. The number of aryl methyl sites for hydroxylation is 1. The zero-order valence-corrected chi connectivity index (χ0v) is 12.3. The minimum absolute atomic E-state index is 0.190. The largest absolute Gasteiger partial charge is 0.478 e. The first-order valence-electron chi connectivity index (χ1n) is 6.42. The van der Waals surface area contributed by atoms with E-state index < -0.39 is 11.9 Å². The van der Waals surface area contributed by atoms with Crippen molar-refractivity contribution < 1.29 is 19.8 Å². The number of carboxylic acids is 2. The smallest absolute Gasteiger partial charge is 0.336 e. The van der Waals surface area contributed by atoms with Gasteiger partial charge in [-0.3, -0.25) is 0 Å². The van der Waals surface area contributed by atoms with Gasteiger partial charge in [0.2, 0.25) is 0 Å². The second-order valence-electron chi connectivity index (χ2n) is 4.67. The average molecular weight is 302 g/mol. The quantitative estimate of drug-likeness (QED) is 0.631. The predicted molar refractivity (Wildman–Crippen MR) is 85.1 cm³/mol. The molecule has 0 aliphatic heterocycles. The van der Waals surface area contributed by atoms with Gasteiger partial charge in [0.25, 0.3) is 0 Å². The first kappa shape index (κ1) is 17.0. The minimum Gasteiger partial charge on any atom is -0.478 e. The molecule has 0 aromatic heterocycles. The van der Waals surface area contributed by atoms with Gasteiger partial charge in [-0.05, 0) is 43.2 Å². The summed E-state index contributed by atoms with van der Waals surface area (Å²) in [5.41, 5.74) is 14.5. The number of rotatable bonds is 2. The van der Waals surface area contributed by atoms with Gasteiger partial charge in [0.15, 0.2) is 0 Å². The summed E-state index contributed by atoms with van der Waals surface area (Å²) in [6.07, 6.45) is 0. The van der Waals surface area contributed by atoms with E-state index in [0.29, 0.717) is 11.4 Å². The van der Waals surface area contributed by atoms with E-state index in [0.717, 1.165) is 5.56 Å². The van der Waals surface area contributed by atoms with Crippen LogP contribution in [0.2, 0.25) is 0 Å². The molecule has 0 fully saturated rings. The number of carbonyl (C=O) groups is 2. The summed E-state index contributed by atoms with van der Waals surface area (Å²) >= 11 is 0. The van der Waals surface area contributed by atoms with Crippen LogP contribution >= 0.6 is 0 Å². The van der Waals surface area contributed by atoms with Crippen molar-refractivity contribution in [3.63, 3.8) is 0 Å². The van der Waals surface area contributed by atoms with Crippen LogP contribution in [0.5, 0.6) is 0 Å². The predicted octanol–water partition coefficient (Wildman–Crippen LogP) is 2.55. The van der Waals surface area contributed by atoms with Gasteiger partial charge >= 0.3 is 11.9 Å². The Balaban J connectivity index is 0.000000224. The second-order valence-corrected chi connectivity index (χ2v) is 4.67. The molecule has 2 aromatic rings. The number of nitrogens with two attached hydrogens (primary N) is 2. The summed E-state index contributed by atoms with van der Waals surface area (Å²) in [6.45, 7) is 3.99. The molecule has 2 aromatic carbocycles. The highest BCUT2D eigenvalue weighted by atomic mass is 16.4. The molecule has 116 valence electrons. The molecule has 0 amide bonds. The van der Waals surface area contributed by atoms with Crippen molar-refractivity contribution in [1.82, 2.24) is 0 Å². The Morgan fingerprint density at radius 1 is 0.864 bits per heavy atom. The number of hydrogen-bond acceptors (Lipinski definition) is 4. The molecular weight excluding hydrogens is 284 g/mol. The monoisotopic (exact) mass is 302 g/mol. The van der Waals surface area contributed by atoms with Crippen LogP contribution in [0.4, 0.5) is 11.4 Å². The minimum atomic E-state index is -1.23. The fraction of sp³-hybridized carbons (Fsp3) is 0.125. The van der Waals surface area contributed by atoms with E-state index in [1.165, 1.54) is 29.8 Å². The van der Waals surface area contributed by atoms with Gasteiger partial charge in [-0.15, -0.1) is 0 Å². The molecule has 0 unspecified atom stereocenters. The maximum absolute atomic E-state index is 10.5. The highest BCUT2D eigenvalue weighted by Crippen LogP contribution is 2.21. The Labute approximate surface area is 128 Å². The molecule has 0 saturated heterocycles. The Kier molecular flexibility index (Phi) is 5.51. The molecule has 0 spiro atoms. The fourth-order valence-corrected chi connectivity index (χ4v) is 1.71. The summed E-state index contributed by atoms with van der Waals surface area (Å²) < 4.78 is 0. The lowest BCUT2D eigenvalue weighted by Crippen LogP contribution is -2.06. The van der Waals surface area contributed by atoms with Crippen molar-refractivity contribution in [3.05, 3.63) is 58.7 Å². The van der Waals surface area contributed by atoms with E-state index in [2.05, 4.69) is 0 Å². The molecular formula is C16H18N2O4. The number of hydrogen-bond donors (Lipinski definition) is 4. The maximum Gasteiger partial charge on any atom is 0.336 e. The lowest BCUT2D eigenvalue weighted by atomic mass is 10.1. The van der Waals surface area contributed by atoms with E-state index in [4.69, 9.17) is 21.7 Å². The van der Waals surface area contributed by atoms with Crippen LogP contribution in [0, 0.1) is 13.8 Å². The van der Waals surface area contributed by atoms with Crippen LogP contribution in [-0.2, 0) is 0 Å². The van der Waals surface area contributed by atoms with Gasteiger partial charge in [0.05, 0.1) is 22.5 Å². The zero-order chi connectivity index (χ0) is 16.9. The molecule has 6 heteroatoms. The Hall–Kier alpha value is -3.02. The van der Waals surface area contributed by atoms with Gasteiger partial charge in [-0.2, -0.15) is 0 Å². The summed E-state index contributed by atoms with van der Waals surface area (Å²) in [7, 11) is 0. The van der Waals surface area contributed by atoms with Crippen molar-refractivity contribution >= 4 is 23.3 Å². The van der Waals surface area contributed by atoms with Crippen molar-refractivity contribution in [2.45, 2.75) is 13.8 Å². The van der Waals surface area contributed by atoms with E-state index in [9.17, 15) is 9.59 Å². The summed E-state index contributed by atoms with van der Waals surface area (Å²) in [5.74, 6) is -2.46. The van der Waals surface area contributed by atoms with Gasteiger partial charge in [-0.1, -0.05) is 18.2 Å². The number of aromatic carboxylic acids is 2. The normalized spacial score (nSPS) is 9.55. The third-order valence-corrected chi connectivity index (χ3v) is 3.21. The lowest BCUT2D eigenvalue weighted by Gasteiger charge is -2.05. The van der Waals surface area contributed by atoms with Crippen LogP contribution in [0.25, 0.3) is 0 Å². The van der Waals surface area contributed by atoms with E-state index in [1.807, 2.05) is 26.0 Å². The number of benzene rings is 2. The number of nitrogen functional groups attached to an aromatic ring is 2. The molecule has 0 heterocycles. The standard InChI is InChI=1S/C8H12N2.C8H6O4/c1-5-3-4-7(9)8(10)6(5)2;9-7(10)5-3-1-2-4-6(5)8(11)12/h3-4H,9-10H2,1-2H3;1-4H,(H,9,10)(H,11,12). The molecule has 6 N–H and O–H groups in total. The van der Waals surface area contributed by atoms with Gasteiger partial charge < -0.3 is 21.7 Å². The summed E-state index contributed by atoms with van der Waals surface area (Å²) in [5, 5.41) is 17.1. The molecule has 6 nitrogen and oxygen atoms in total. The third-order valence-electron chi connectivity index (χ3n) is 3.21. The van der Waals surface area contributed by atoms with Crippen molar-refractivity contribution in [3.8, 4) is 0 Å². The Morgan fingerprint density at radius 3 is 1.68 bits per heavy atom. The molecule has 22 heavy (non-hydrogen) atoms. The topological polar surface area (TPSA) is 127 Å². The first-order valence-corrected chi connectivity index (χ1v) is 6.42. The molecule has 2 rings (SSSR count). The van der Waals surface area contributed by atoms with Gasteiger partial charge in [0.1, 0.15) is 0 Å². The molecule has 0 bridgehead atoms. The lowest BCUT2D eigenvalue weighted by molar-refractivity contribution is 0.0651. The summed E-state index contributed by atoms with van der Waals surface area (Å²) in [6, 6.07) is 9.28. The van der Waals surface area contributed by atoms with Crippen molar-refractivity contribution in [1.29, 1.82) is 0 Å². The first-order chi connectivity index (χ1) is 10.3. The highest BCUT2D eigenvalue weighted by Gasteiger charge is 2.13. The Morgan fingerprint density at radius 2 is 1.32 bits per heavy atom. The van der Waals surface area contributed by atoms with E-state index in [1.54, 1.807) is 0 Å². The van der Waals surface area contributed by atoms with Crippen molar-refractivity contribution in [2.24, 2.45) is 0 Å². The van der Waals surface area contributed by atoms with E-state index in [-0.39, 0.29) is 11.1 Å². The highest BCUT2D eigenvalue weighted by molar-refractivity contribution is 6.01. The maximum atomic E-state index is 10.5. The third kappa shape index (κ3) is 3.99. The van der Waals surface area contributed by atoms with Crippen LogP contribution in [0.3, 0.4) is 0 Å². The molecule has 0 radical (unpaired) electrons. The molecule has 0 atom stereocenters. The van der Waals surface area contributed by atoms with Crippen molar-refractivity contribution in [2.75, 3.05) is 11.5 Å². The van der Waals surface area contributed by atoms with Crippen LogP contribution in [0.1, 0.15) is 31.8 Å². The van der Waals surface area contributed by atoms with E-state index >= 15 is 0 Å². The van der Waals surface area contributed by atoms with Gasteiger partial charge in [-0.25, -0.2) is 9.59 Å². The summed E-state index contributed by atoms with van der Waals surface area (Å²) in [4.78, 5) is 20.9. The fourth-order valence-electron chi connectivity index (χ4n) is 1.71. The zero-order valence-electron chi connectivity index (χ0n) is 12.3. The number of anilines is 2. The average Bonchev–Trinajstić information content (AvgIpc) is 2.49. The Bertz CT molecular complexity index is 651. The van der Waals surface area contributed by atoms with Crippen LogP contribution < -0.4 is 11.5 Å². The van der Waals surface area contributed by atoms with Crippen LogP contribution in [0.15, 0.2) is 36.4 Å². The van der Waals surface area contributed by atoms with Crippen LogP contribution in [-0.4, -0.2) is 22.2 Å². The molecule has 0 aliphatic carbocycles. The van der Waals surface area contributed by atoms with Gasteiger partial charge in [0, 0.05) is 0 Å². The SMILES string of the molecule is Cc1ccc(N)c(N)c1C.O=C(O)c1ccccc1C(=O)O. The number of carboxylic acid groups (broad SMARTS) is 2.